The molecule has 1 saturated carbocycles. The average molecular weight is 198 g/mol. The van der Waals surface area contributed by atoms with Gasteiger partial charge in [-0.25, -0.2) is 8.78 Å². The van der Waals surface area contributed by atoms with E-state index in [9.17, 15) is 8.78 Å². The van der Waals surface area contributed by atoms with E-state index in [1.165, 1.54) is 0 Å². The van der Waals surface area contributed by atoms with E-state index in [4.69, 9.17) is 11.6 Å². The van der Waals surface area contributed by atoms with Gasteiger partial charge in [0.1, 0.15) is 0 Å². The largest absolute Gasteiger partial charge is 0.311 e. The average Bonchev–Trinajstić information content (AvgIpc) is 2.35. The Balaban J connectivity index is 2.00. The van der Waals surface area contributed by atoms with Gasteiger partial charge in [0.15, 0.2) is 0 Å². The van der Waals surface area contributed by atoms with E-state index in [0.29, 0.717) is 12.5 Å². The van der Waals surface area contributed by atoms with Crippen molar-refractivity contribution in [1.29, 1.82) is 0 Å². The highest BCUT2D eigenvalue weighted by atomic mass is 35.5. The second kappa shape index (κ2) is 4.97. The zero-order valence-electron chi connectivity index (χ0n) is 6.90. The molecule has 2 atom stereocenters. The maximum absolute atomic E-state index is 11.7. The van der Waals surface area contributed by atoms with Gasteiger partial charge in [-0.15, -0.1) is 11.6 Å². The lowest BCUT2D eigenvalue weighted by Gasteiger charge is -2.09. The highest BCUT2D eigenvalue weighted by molar-refractivity contribution is 6.20. The lowest BCUT2D eigenvalue weighted by atomic mass is 10.1. The number of hydrogen-bond acceptors (Lipinski definition) is 1. The minimum absolute atomic E-state index is 0.191. The van der Waals surface area contributed by atoms with Crippen molar-refractivity contribution < 1.29 is 8.78 Å². The van der Waals surface area contributed by atoms with Gasteiger partial charge in [-0.1, -0.05) is 0 Å². The molecule has 0 saturated heterocycles. The second-order valence-electron chi connectivity index (χ2n) is 3.33. The fourth-order valence-corrected chi connectivity index (χ4v) is 1.97. The molecule has 1 fully saturated rings. The minimum Gasteiger partial charge on any atom is -0.311 e. The summed E-state index contributed by atoms with van der Waals surface area (Å²) in [6.07, 6.45) is 0.836. The molecule has 0 aliphatic heterocycles. The van der Waals surface area contributed by atoms with Gasteiger partial charge in [-0.05, 0) is 31.7 Å². The van der Waals surface area contributed by atoms with Crippen molar-refractivity contribution in [3.63, 3.8) is 0 Å². The van der Waals surface area contributed by atoms with Crippen molar-refractivity contribution in [2.75, 3.05) is 13.1 Å². The molecule has 0 aromatic rings. The summed E-state index contributed by atoms with van der Waals surface area (Å²) in [6, 6.07) is 0. The molecule has 0 radical (unpaired) electrons. The summed E-state index contributed by atoms with van der Waals surface area (Å²) in [5, 5.41) is 3.01. The predicted octanol–water partition coefficient (Wildman–Crippen LogP) is 2.25. The topological polar surface area (TPSA) is 12.0 Å². The van der Waals surface area contributed by atoms with Crippen molar-refractivity contribution in [2.24, 2.45) is 5.92 Å². The van der Waals surface area contributed by atoms with E-state index < -0.39 is 6.43 Å². The zero-order chi connectivity index (χ0) is 8.97. The van der Waals surface area contributed by atoms with Crippen LogP contribution >= 0.6 is 11.6 Å². The molecule has 0 amide bonds. The zero-order valence-corrected chi connectivity index (χ0v) is 7.66. The fraction of sp³-hybridized carbons (Fsp3) is 1.00. The van der Waals surface area contributed by atoms with Gasteiger partial charge in [0.05, 0.1) is 6.54 Å². The van der Waals surface area contributed by atoms with E-state index in [1.54, 1.807) is 0 Å². The predicted molar refractivity (Wildman–Crippen MR) is 45.9 cm³/mol. The van der Waals surface area contributed by atoms with E-state index in [2.05, 4.69) is 5.32 Å². The van der Waals surface area contributed by atoms with E-state index >= 15 is 0 Å². The van der Waals surface area contributed by atoms with Gasteiger partial charge >= 0.3 is 0 Å². The smallest absolute Gasteiger partial charge is 0.250 e. The normalized spacial score (nSPS) is 30.0. The molecule has 1 aliphatic rings. The second-order valence-corrected chi connectivity index (χ2v) is 3.94. The van der Waals surface area contributed by atoms with Crippen LogP contribution in [0.4, 0.5) is 8.78 Å². The Hall–Kier alpha value is 0.110. The molecule has 1 aliphatic carbocycles. The first-order chi connectivity index (χ1) is 5.68. The van der Waals surface area contributed by atoms with Crippen molar-refractivity contribution in [1.82, 2.24) is 5.32 Å². The van der Waals surface area contributed by atoms with Crippen LogP contribution in [0.15, 0.2) is 0 Å². The van der Waals surface area contributed by atoms with Crippen LogP contribution in [-0.4, -0.2) is 24.9 Å². The molecular formula is C8H14ClF2N. The summed E-state index contributed by atoms with van der Waals surface area (Å²) in [7, 11) is 0. The molecule has 0 heterocycles. The lowest BCUT2D eigenvalue weighted by Crippen LogP contribution is -2.26. The summed E-state index contributed by atoms with van der Waals surface area (Å²) in [6.45, 7) is 0.497. The highest BCUT2D eigenvalue weighted by Crippen LogP contribution is 2.28. The number of rotatable bonds is 4. The molecule has 0 aromatic heterocycles. The van der Waals surface area contributed by atoms with Gasteiger partial charge < -0.3 is 5.32 Å². The van der Waals surface area contributed by atoms with E-state index in [1.807, 2.05) is 0 Å². The van der Waals surface area contributed by atoms with Gasteiger partial charge in [-0.2, -0.15) is 0 Å². The molecule has 12 heavy (non-hydrogen) atoms. The van der Waals surface area contributed by atoms with Gasteiger partial charge in [-0.3, -0.25) is 0 Å². The first-order valence-corrected chi connectivity index (χ1v) is 4.75. The van der Waals surface area contributed by atoms with Crippen LogP contribution in [0, 0.1) is 5.92 Å². The number of hydrogen-bond donors (Lipinski definition) is 1. The molecule has 1 nitrogen and oxygen atoms in total. The Bertz CT molecular complexity index is 132. The third-order valence-electron chi connectivity index (χ3n) is 2.21. The maximum atomic E-state index is 11.7. The summed E-state index contributed by atoms with van der Waals surface area (Å²) >= 11 is 5.87. The molecular weight excluding hydrogens is 184 g/mol. The Kier molecular flexibility index (Phi) is 4.22. The molecule has 2 unspecified atom stereocenters. The van der Waals surface area contributed by atoms with Crippen molar-refractivity contribution >= 4 is 11.6 Å². The van der Waals surface area contributed by atoms with Crippen molar-refractivity contribution in [2.45, 2.75) is 31.1 Å². The van der Waals surface area contributed by atoms with Crippen LogP contribution in [0.2, 0.25) is 0 Å². The van der Waals surface area contributed by atoms with Crippen LogP contribution in [0.3, 0.4) is 0 Å². The number of nitrogens with one attached hydrogen (secondary N) is 1. The van der Waals surface area contributed by atoms with Crippen LogP contribution in [-0.2, 0) is 0 Å². The first kappa shape index (κ1) is 10.2. The van der Waals surface area contributed by atoms with E-state index in [0.717, 1.165) is 19.3 Å². The summed E-state index contributed by atoms with van der Waals surface area (Å²) in [5.74, 6) is 0.506. The fourth-order valence-electron chi connectivity index (χ4n) is 1.60. The lowest BCUT2D eigenvalue weighted by molar-refractivity contribution is 0.144. The Morgan fingerprint density at radius 3 is 2.67 bits per heavy atom. The molecule has 1 rings (SSSR count). The minimum atomic E-state index is -2.24. The molecule has 0 spiro atoms. The molecule has 4 heteroatoms. The van der Waals surface area contributed by atoms with Gasteiger partial charge in [0.25, 0.3) is 6.43 Å². The van der Waals surface area contributed by atoms with Crippen molar-refractivity contribution in [3.05, 3.63) is 0 Å². The van der Waals surface area contributed by atoms with Gasteiger partial charge in [0, 0.05) is 5.38 Å². The summed E-state index contributed by atoms with van der Waals surface area (Å²) < 4.78 is 23.4. The standard InChI is InChI=1S/C8H14ClF2N/c9-7-2-1-6(3-7)4-12-5-8(10)11/h6-8,12H,1-5H2. The highest BCUT2D eigenvalue weighted by Gasteiger charge is 2.22. The molecule has 0 bridgehead atoms. The van der Waals surface area contributed by atoms with Crippen LogP contribution < -0.4 is 5.32 Å². The third-order valence-corrected chi connectivity index (χ3v) is 2.61. The van der Waals surface area contributed by atoms with Crippen LogP contribution in [0.5, 0.6) is 0 Å². The Morgan fingerprint density at radius 1 is 1.42 bits per heavy atom. The number of halogens is 3. The molecule has 72 valence electrons. The Morgan fingerprint density at radius 2 is 2.17 bits per heavy atom. The monoisotopic (exact) mass is 197 g/mol. The van der Waals surface area contributed by atoms with Crippen LogP contribution in [0.25, 0.3) is 0 Å². The van der Waals surface area contributed by atoms with Gasteiger partial charge in [0.2, 0.25) is 0 Å². The van der Waals surface area contributed by atoms with Crippen molar-refractivity contribution in [3.8, 4) is 0 Å². The first-order valence-electron chi connectivity index (χ1n) is 4.31. The van der Waals surface area contributed by atoms with E-state index in [-0.39, 0.29) is 11.9 Å². The Labute approximate surface area is 76.5 Å². The third kappa shape index (κ3) is 3.68. The summed E-state index contributed by atoms with van der Waals surface area (Å²) in [4.78, 5) is 0. The quantitative estimate of drug-likeness (QED) is 0.682. The number of alkyl halides is 3. The molecule has 0 aromatic carbocycles. The van der Waals surface area contributed by atoms with Crippen LogP contribution in [0.1, 0.15) is 19.3 Å². The molecule has 1 N–H and O–H groups in total. The summed E-state index contributed by atoms with van der Waals surface area (Å²) in [5.41, 5.74) is 0. The SMILES string of the molecule is FC(F)CNCC1CCC(Cl)C1. The maximum Gasteiger partial charge on any atom is 0.250 e.